The average Bonchev–Trinajstić information content (AvgIpc) is 2.38. The van der Waals surface area contributed by atoms with Crippen molar-refractivity contribution in [2.75, 3.05) is 26.2 Å². The van der Waals surface area contributed by atoms with Gasteiger partial charge in [-0.25, -0.2) is 0 Å². The second-order valence-electron chi connectivity index (χ2n) is 4.25. The number of aliphatic hydroxyl groups excluding tert-OH is 1. The van der Waals surface area contributed by atoms with E-state index in [2.05, 4.69) is 0 Å². The zero-order valence-electron chi connectivity index (χ0n) is 10.9. The van der Waals surface area contributed by atoms with Gasteiger partial charge < -0.3 is 15.7 Å². The molecule has 0 bridgehead atoms. The van der Waals surface area contributed by atoms with E-state index in [-0.39, 0.29) is 12.5 Å². The molecule has 0 aromatic heterocycles. The topological polar surface area (TPSA) is 66.6 Å². The highest BCUT2D eigenvalue weighted by molar-refractivity contribution is 5.94. The molecule has 0 heterocycles. The molecule has 4 heteroatoms. The highest BCUT2D eigenvalue weighted by atomic mass is 16.3. The first-order chi connectivity index (χ1) is 8.72. The van der Waals surface area contributed by atoms with Crippen LogP contribution in [0.4, 0.5) is 0 Å². The maximum absolute atomic E-state index is 12.3. The Morgan fingerprint density at radius 3 is 2.78 bits per heavy atom. The van der Waals surface area contributed by atoms with Crippen LogP contribution in [0.3, 0.4) is 0 Å². The summed E-state index contributed by atoms with van der Waals surface area (Å²) < 4.78 is 0. The summed E-state index contributed by atoms with van der Waals surface area (Å²) in [6.45, 7) is 3.64. The van der Waals surface area contributed by atoms with Gasteiger partial charge in [0.25, 0.3) is 5.91 Å². The Hall–Kier alpha value is -1.39. The largest absolute Gasteiger partial charge is 0.395 e. The molecule has 1 rings (SSSR count). The average molecular weight is 250 g/mol. The third-order valence-corrected chi connectivity index (χ3v) is 2.76. The minimum absolute atomic E-state index is 0.00572. The highest BCUT2D eigenvalue weighted by Crippen LogP contribution is 2.09. The van der Waals surface area contributed by atoms with Crippen LogP contribution in [0.25, 0.3) is 0 Å². The fourth-order valence-electron chi connectivity index (χ4n) is 1.91. The number of benzene rings is 1. The number of amides is 1. The minimum Gasteiger partial charge on any atom is -0.395 e. The van der Waals surface area contributed by atoms with Crippen molar-refractivity contribution >= 4 is 5.91 Å². The number of carbonyl (C=O) groups is 1. The lowest BCUT2D eigenvalue weighted by atomic mass is 10.1. The molecular weight excluding hydrogens is 228 g/mol. The van der Waals surface area contributed by atoms with E-state index < -0.39 is 0 Å². The van der Waals surface area contributed by atoms with Crippen molar-refractivity contribution < 1.29 is 9.90 Å². The number of nitrogens with two attached hydrogens (primary N) is 1. The van der Waals surface area contributed by atoms with Gasteiger partial charge in [0.2, 0.25) is 0 Å². The number of hydrogen-bond acceptors (Lipinski definition) is 3. The molecule has 0 aliphatic carbocycles. The lowest BCUT2D eigenvalue weighted by Gasteiger charge is -2.21. The van der Waals surface area contributed by atoms with Crippen LogP contribution in [0.5, 0.6) is 0 Å². The van der Waals surface area contributed by atoms with Crippen molar-refractivity contribution in [2.24, 2.45) is 5.73 Å². The van der Waals surface area contributed by atoms with Crippen molar-refractivity contribution in [1.29, 1.82) is 0 Å². The molecule has 0 saturated carbocycles. The summed E-state index contributed by atoms with van der Waals surface area (Å²) in [6, 6.07) is 7.54. The number of nitrogens with zero attached hydrogens (tertiary/aromatic N) is 1. The molecule has 0 radical (unpaired) electrons. The smallest absolute Gasteiger partial charge is 0.253 e. The predicted molar refractivity (Wildman–Crippen MR) is 72.5 cm³/mol. The van der Waals surface area contributed by atoms with Crippen LogP contribution < -0.4 is 5.73 Å². The molecule has 1 aromatic rings. The molecule has 18 heavy (non-hydrogen) atoms. The molecule has 1 aromatic carbocycles. The highest BCUT2D eigenvalue weighted by Gasteiger charge is 2.14. The SMILES string of the molecule is CCCN(CCO)C(=O)c1cccc(CCN)c1. The quantitative estimate of drug-likeness (QED) is 0.759. The van der Waals surface area contributed by atoms with E-state index in [9.17, 15) is 4.79 Å². The van der Waals surface area contributed by atoms with Gasteiger partial charge in [0.15, 0.2) is 0 Å². The van der Waals surface area contributed by atoms with Gasteiger partial charge in [-0.2, -0.15) is 0 Å². The maximum atomic E-state index is 12.3. The van der Waals surface area contributed by atoms with Crippen molar-refractivity contribution in [3.63, 3.8) is 0 Å². The minimum atomic E-state index is -0.0234. The van der Waals surface area contributed by atoms with E-state index in [4.69, 9.17) is 10.8 Å². The van der Waals surface area contributed by atoms with Gasteiger partial charge in [-0.1, -0.05) is 19.1 Å². The Balaban J connectivity index is 2.82. The zero-order chi connectivity index (χ0) is 13.4. The van der Waals surface area contributed by atoms with Crippen LogP contribution >= 0.6 is 0 Å². The molecule has 0 saturated heterocycles. The van der Waals surface area contributed by atoms with Crippen molar-refractivity contribution in [3.8, 4) is 0 Å². The number of rotatable bonds is 7. The van der Waals surface area contributed by atoms with Crippen LogP contribution in [0, 0.1) is 0 Å². The van der Waals surface area contributed by atoms with E-state index in [1.54, 1.807) is 4.90 Å². The fourth-order valence-corrected chi connectivity index (χ4v) is 1.91. The van der Waals surface area contributed by atoms with E-state index in [0.29, 0.717) is 25.2 Å². The molecule has 0 aliphatic rings. The second kappa shape index (κ2) is 7.84. The second-order valence-corrected chi connectivity index (χ2v) is 4.25. The molecule has 0 fully saturated rings. The van der Waals surface area contributed by atoms with E-state index in [1.165, 1.54) is 0 Å². The van der Waals surface area contributed by atoms with E-state index >= 15 is 0 Å². The summed E-state index contributed by atoms with van der Waals surface area (Å²) in [7, 11) is 0. The third-order valence-electron chi connectivity index (χ3n) is 2.76. The van der Waals surface area contributed by atoms with Crippen molar-refractivity contribution in [2.45, 2.75) is 19.8 Å². The molecule has 0 atom stereocenters. The summed E-state index contributed by atoms with van der Waals surface area (Å²) in [6.07, 6.45) is 1.66. The maximum Gasteiger partial charge on any atom is 0.253 e. The molecule has 1 amide bonds. The predicted octanol–water partition coefficient (Wildman–Crippen LogP) is 1.03. The number of carbonyl (C=O) groups excluding carboxylic acids is 1. The molecule has 3 N–H and O–H groups in total. The summed E-state index contributed by atoms with van der Waals surface area (Å²) in [5, 5.41) is 8.99. The Morgan fingerprint density at radius 1 is 1.39 bits per heavy atom. The molecule has 0 spiro atoms. The Labute approximate surface area is 108 Å². The van der Waals surface area contributed by atoms with Gasteiger partial charge in [-0.15, -0.1) is 0 Å². The number of hydrogen-bond donors (Lipinski definition) is 2. The van der Waals surface area contributed by atoms with Crippen LogP contribution in [0.1, 0.15) is 29.3 Å². The first-order valence-electron chi connectivity index (χ1n) is 6.42. The molecule has 0 unspecified atom stereocenters. The molecule has 0 aliphatic heterocycles. The van der Waals surface area contributed by atoms with Crippen LogP contribution in [0.15, 0.2) is 24.3 Å². The first-order valence-corrected chi connectivity index (χ1v) is 6.42. The zero-order valence-corrected chi connectivity index (χ0v) is 10.9. The lowest BCUT2D eigenvalue weighted by Crippen LogP contribution is -2.34. The summed E-state index contributed by atoms with van der Waals surface area (Å²) in [4.78, 5) is 13.9. The van der Waals surface area contributed by atoms with Gasteiger partial charge in [0.1, 0.15) is 0 Å². The Morgan fingerprint density at radius 2 is 2.17 bits per heavy atom. The lowest BCUT2D eigenvalue weighted by molar-refractivity contribution is 0.0722. The standard InChI is InChI=1S/C14H22N2O2/c1-2-8-16(9-10-17)14(18)13-5-3-4-12(11-13)6-7-15/h3-5,11,17H,2,6-10,15H2,1H3. The number of aliphatic hydroxyl groups is 1. The first kappa shape index (κ1) is 14.7. The summed E-state index contributed by atoms with van der Waals surface area (Å²) >= 11 is 0. The monoisotopic (exact) mass is 250 g/mol. The van der Waals surface area contributed by atoms with Crippen LogP contribution in [-0.4, -0.2) is 42.2 Å². The third kappa shape index (κ3) is 4.13. The normalized spacial score (nSPS) is 10.4. The van der Waals surface area contributed by atoms with Crippen LogP contribution in [0.2, 0.25) is 0 Å². The van der Waals surface area contributed by atoms with Gasteiger partial charge in [-0.3, -0.25) is 4.79 Å². The summed E-state index contributed by atoms with van der Waals surface area (Å²) in [5.74, 6) is -0.0234. The summed E-state index contributed by atoms with van der Waals surface area (Å²) in [5.41, 5.74) is 7.26. The van der Waals surface area contributed by atoms with E-state index in [1.807, 2.05) is 31.2 Å². The fraction of sp³-hybridized carbons (Fsp3) is 0.500. The Bertz CT molecular complexity index is 374. The van der Waals surface area contributed by atoms with Gasteiger partial charge in [0.05, 0.1) is 6.61 Å². The molecular formula is C14H22N2O2. The van der Waals surface area contributed by atoms with Crippen molar-refractivity contribution in [3.05, 3.63) is 35.4 Å². The van der Waals surface area contributed by atoms with Crippen molar-refractivity contribution in [1.82, 2.24) is 4.90 Å². The van der Waals surface area contributed by atoms with Gasteiger partial charge in [-0.05, 0) is 37.1 Å². The molecule has 4 nitrogen and oxygen atoms in total. The Kier molecular flexibility index (Phi) is 6.39. The molecule has 100 valence electrons. The van der Waals surface area contributed by atoms with Gasteiger partial charge >= 0.3 is 0 Å². The van der Waals surface area contributed by atoms with Crippen LogP contribution in [-0.2, 0) is 6.42 Å². The van der Waals surface area contributed by atoms with Gasteiger partial charge in [0, 0.05) is 18.7 Å². The van der Waals surface area contributed by atoms with E-state index in [0.717, 1.165) is 18.4 Å².